The van der Waals surface area contributed by atoms with Crippen LogP contribution in [0.5, 0.6) is 0 Å². The van der Waals surface area contributed by atoms with Gasteiger partial charge in [0.15, 0.2) is 5.58 Å². The van der Waals surface area contributed by atoms with Crippen LogP contribution in [0.2, 0.25) is 0 Å². The lowest BCUT2D eigenvalue weighted by atomic mass is 10.00. The van der Waals surface area contributed by atoms with Crippen LogP contribution in [0.1, 0.15) is 0 Å². The Labute approximate surface area is 221 Å². The molecule has 0 atom stereocenters. The fraction of sp³-hybridized carbons (Fsp3) is 0. The highest BCUT2D eigenvalue weighted by Crippen LogP contribution is 2.41. The van der Waals surface area contributed by atoms with Crippen molar-refractivity contribution in [1.29, 1.82) is 0 Å². The van der Waals surface area contributed by atoms with Gasteiger partial charge in [0.1, 0.15) is 11.1 Å². The third kappa shape index (κ3) is 3.91. The lowest BCUT2D eigenvalue weighted by Gasteiger charge is -2.25. The smallest absolute Gasteiger partial charge is 0.177 e. The fourth-order valence-corrected chi connectivity index (χ4v) is 5.06. The molecular formula is C35H24N2O. The second-order valence-corrected chi connectivity index (χ2v) is 9.27. The number of nitrogens with zero attached hydrogens (tertiary/aromatic N) is 2. The maximum Gasteiger partial charge on any atom is 0.177 e. The zero-order chi connectivity index (χ0) is 25.3. The van der Waals surface area contributed by atoms with E-state index >= 15 is 0 Å². The SMILES string of the molecule is c1ccc(-c2ccc(-c3ccc(N(c4ccccc4)c4ccnc5c4oc4ccccc45)cc3)cc2)cc1. The first-order valence-electron chi connectivity index (χ1n) is 12.7. The van der Waals surface area contributed by atoms with Gasteiger partial charge in [-0.2, -0.15) is 0 Å². The monoisotopic (exact) mass is 488 g/mol. The normalized spacial score (nSPS) is 11.2. The molecule has 2 aromatic heterocycles. The fourth-order valence-electron chi connectivity index (χ4n) is 5.06. The molecule has 0 amide bonds. The Balaban J connectivity index is 1.30. The molecule has 0 aliphatic rings. The van der Waals surface area contributed by atoms with E-state index in [1.165, 1.54) is 22.3 Å². The highest BCUT2D eigenvalue weighted by molar-refractivity contribution is 6.07. The lowest BCUT2D eigenvalue weighted by molar-refractivity contribution is 0.668. The van der Waals surface area contributed by atoms with E-state index in [2.05, 4.69) is 113 Å². The van der Waals surface area contributed by atoms with Crippen molar-refractivity contribution in [3.8, 4) is 22.3 Å². The second-order valence-electron chi connectivity index (χ2n) is 9.27. The van der Waals surface area contributed by atoms with E-state index in [-0.39, 0.29) is 0 Å². The highest BCUT2D eigenvalue weighted by Gasteiger charge is 2.19. The summed E-state index contributed by atoms with van der Waals surface area (Å²) in [5, 5.41) is 1.02. The number of benzene rings is 5. The van der Waals surface area contributed by atoms with Crippen molar-refractivity contribution in [3.63, 3.8) is 0 Å². The summed E-state index contributed by atoms with van der Waals surface area (Å²) >= 11 is 0. The van der Waals surface area contributed by atoms with Crippen LogP contribution in [0, 0.1) is 0 Å². The van der Waals surface area contributed by atoms with Crippen LogP contribution in [0.25, 0.3) is 44.3 Å². The summed E-state index contributed by atoms with van der Waals surface area (Å²) in [4.78, 5) is 6.89. The number of aromatic nitrogens is 1. The summed E-state index contributed by atoms with van der Waals surface area (Å²) in [6, 6.07) is 48.4. The van der Waals surface area contributed by atoms with E-state index in [9.17, 15) is 0 Å². The van der Waals surface area contributed by atoms with Crippen molar-refractivity contribution in [1.82, 2.24) is 4.98 Å². The first kappa shape index (κ1) is 22.1. The number of pyridine rings is 1. The van der Waals surface area contributed by atoms with Crippen LogP contribution >= 0.6 is 0 Å². The maximum atomic E-state index is 6.34. The van der Waals surface area contributed by atoms with E-state index in [0.29, 0.717) is 0 Å². The van der Waals surface area contributed by atoms with Crippen LogP contribution in [0.15, 0.2) is 150 Å². The lowest BCUT2D eigenvalue weighted by Crippen LogP contribution is -2.10. The summed E-state index contributed by atoms with van der Waals surface area (Å²) < 4.78 is 6.34. The molecule has 0 saturated heterocycles. The van der Waals surface area contributed by atoms with E-state index in [1.54, 1.807) is 0 Å². The van der Waals surface area contributed by atoms with Crippen molar-refractivity contribution < 1.29 is 4.42 Å². The molecule has 0 unspecified atom stereocenters. The molecule has 180 valence electrons. The molecule has 38 heavy (non-hydrogen) atoms. The molecule has 5 aromatic carbocycles. The predicted octanol–water partition coefficient (Wildman–Crippen LogP) is 9.78. The van der Waals surface area contributed by atoms with Gasteiger partial charge < -0.3 is 9.32 Å². The Bertz CT molecular complexity index is 1840. The molecule has 0 N–H and O–H groups in total. The standard InChI is InChI=1S/C35H24N2O/c1-3-9-25(10-4-1)26-15-17-27(18-16-26)28-19-21-30(22-20-28)37(29-11-5-2-6-12-29)32-23-24-36-34-31-13-7-8-14-33(31)38-35(32)34/h1-24H. The molecule has 0 bridgehead atoms. The number of hydrogen-bond donors (Lipinski definition) is 0. The molecule has 7 rings (SSSR count). The zero-order valence-corrected chi connectivity index (χ0v) is 20.7. The van der Waals surface area contributed by atoms with Gasteiger partial charge in [-0.25, -0.2) is 0 Å². The predicted molar refractivity (Wildman–Crippen MR) is 157 cm³/mol. The number of fused-ring (bicyclic) bond motifs is 3. The largest absolute Gasteiger partial charge is 0.452 e. The Kier molecular flexibility index (Phi) is 5.45. The van der Waals surface area contributed by atoms with E-state index in [0.717, 1.165) is 39.1 Å². The Morgan fingerprint density at radius 3 is 1.68 bits per heavy atom. The number of para-hydroxylation sites is 2. The summed E-state index contributed by atoms with van der Waals surface area (Å²) in [6.07, 6.45) is 1.86. The summed E-state index contributed by atoms with van der Waals surface area (Å²) in [5.74, 6) is 0. The van der Waals surface area contributed by atoms with Gasteiger partial charge in [-0.3, -0.25) is 4.98 Å². The average molecular weight is 489 g/mol. The molecule has 0 aliphatic heterocycles. The Hall–Kier alpha value is -5.15. The molecule has 0 spiro atoms. The average Bonchev–Trinajstić information content (AvgIpc) is 3.39. The van der Waals surface area contributed by atoms with Crippen molar-refractivity contribution in [3.05, 3.63) is 146 Å². The van der Waals surface area contributed by atoms with Gasteiger partial charge in [-0.15, -0.1) is 0 Å². The number of rotatable bonds is 5. The van der Waals surface area contributed by atoms with Gasteiger partial charge in [-0.1, -0.05) is 97.1 Å². The highest BCUT2D eigenvalue weighted by atomic mass is 16.3. The third-order valence-electron chi connectivity index (χ3n) is 6.94. The first-order chi connectivity index (χ1) is 18.8. The summed E-state index contributed by atoms with van der Waals surface area (Å²) in [5.41, 5.74) is 10.3. The van der Waals surface area contributed by atoms with Crippen LogP contribution in [0.4, 0.5) is 17.1 Å². The minimum atomic E-state index is 0.776. The van der Waals surface area contributed by atoms with E-state index in [1.807, 2.05) is 42.6 Å². The first-order valence-corrected chi connectivity index (χ1v) is 12.7. The molecule has 0 aliphatic carbocycles. The van der Waals surface area contributed by atoms with Crippen molar-refractivity contribution in [2.45, 2.75) is 0 Å². The van der Waals surface area contributed by atoms with Crippen molar-refractivity contribution in [2.24, 2.45) is 0 Å². The van der Waals surface area contributed by atoms with Gasteiger partial charge in [0.05, 0.1) is 5.69 Å². The molecular weight excluding hydrogens is 464 g/mol. The molecule has 2 heterocycles. The van der Waals surface area contributed by atoms with E-state index < -0.39 is 0 Å². The molecule has 3 heteroatoms. The second kappa shape index (κ2) is 9.38. The number of anilines is 3. The molecule has 7 aromatic rings. The maximum absolute atomic E-state index is 6.34. The minimum absolute atomic E-state index is 0.776. The van der Waals surface area contributed by atoms with Gasteiger partial charge in [0, 0.05) is 23.0 Å². The summed E-state index contributed by atoms with van der Waals surface area (Å²) in [7, 11) is 0. The van der Waals surface area contributed by atoms with Gasteiger partial charge in [0.25, 0.3) is 0 Å². The number of furan rings is 1. The minimum Gasteiger partial charge on any atom is -0.452 e. The molecule has 3 nitrogen and oxygen atoms in total. The van der Waals surface area contributed by atoms with Crippen molar-refractivity contribution in [2.75, 3.05) is 4.90 Å². The van der Waals surface area contributed by atoms with Crippen LogP contribution in [-0.2, 0) is 0 Å². The van der Waals surface area contributed by atoms with Crippen LogP contribution in [0.3, 0.4) is 0 Å². The molecule has 0 radical (unpaired) electrons. The quantitative estimate of drug-likeness (QED) is 0.241. The number of hydrogen-bond acceptors (Lipinski definition) is 3. The Morgan fingerprint density at radius 2 is 1.00 bits per heavy atom. The molecule has 0 saturated carbocycles. The zero-order valence-electron chi connectivity index (χ0n) is 20.7. The van der Waals surface area contributed by atoms with Gasteiger partial charge in [0.2, 0.25) is 0 Å². The Morgan fingerprint density at radius 1 is 0.474 bits per heavy atom. The van der Waals surface area contributed by atoms with Gasteiger partial charge in [-0.05, 0) is 64.7 Å². The molecule has 0 fully saturated rings. The van der Waals surface area contributed by atoms with E-state index in [4.69, 9.17) is 4.42 Å². The third-order valence-corrected chi connectivity index (χ3v) is 6.94. The van der Waals surface area contributed by atoms with Crippen LogP contribution < -0.4 is 4.90 Å². The van der Waals surface area contributed by atoms with Gasteiger partial charge >= 0.3 is 0 Å². The van der Waals surface area contributed by atoms with Crippen molar-refractivity contribution >= 4 is 39.1 Å². The summed E-state index contributed by atoms with van der Waals surface area (Å²) in [6.45, 7) is 0. The topological polar surface area (TPSA) is 29.3 Å². The van der Waals surface area contributed by atoms with Crippen LogP contribution in [-0.4, -0.2) is 4.98 Å².